The van der Waals surface area contributed by atoms with Crippen molar-refractivity contribution < 1.29 is 13.2 Å². The Hall–Kier alpha value is -1.44. The summed E-state index contributed by atoms with van der Waals surface area (Å²) in [6.07, 6.45) is 0. The molecule has 1 unspecified atom stereocenters. The van der Waals surface area contributed by atoms with Gasteiger partial charge in [-0.3, -0.25) is 4.79 Å². The Bertz CT molecular complexity index is 628. The van der Waals surface area contributed by atoms with Gasteiger partial charge in [-0.05, 0) is 31.5 Å². The van der Waals surface area contributed by atoms with Crippen LogP contribution in [0.15, 0.2) is 23.1 Å². The first kappa shape index (κ1) is 15.0. The van der Waals surface area contributed by atoms with Crippen LogP contribution in [0.1, 0.15) is 22.8 Å². The van der Waals surface area contributed by atoms with E-state index in [-0.39, 0.29) is 16.8 Å². The van der Waals surface area contributed by atoms with Crippen LogP contribution in [0.4, 0.5) is 0 Å². The highest BCUT2D eigenvalue weighted by Gasteiger charge is 2.25. The largest absolute Gasteiger partial charge is 0.333 e. The summed E-state index contributed by atoms with van der Waals surface area (Å²) in [6.45, 7) is 5.70. The van der Waals surface area contributed by atoms with Gasteiger partial charge in [0.1, 0.15) is 0 Å². The molecule has 3 N–H and O–H groups in total. The maximum Gasteiger partial charge on any atom is 0.254 e. The average Bonchev–Trinajstić information content (AvgIpc) is 2.37. The predicted octanol–water partition coefficient (Wildman–Crippen LogP) is 0.0763. The van der Waals surface area contributed by atoms with Gasteiger partial charge < -0.3 is 10.2 Å². The molecule has 1 atom stereocenters. The molecule has 1 saturated heterocycles. The van der Waals surface area contributed by atoms with Crippen LogP contribution in [0.3, 0.4) is 0 Å². The number of carbonyl (C=O) groups is 1. The molecule has 110 valence electrons. The molecule has 0 spiro atoms. The van der Waals surface area contributed by atoms with Crippen molar-refractivity contribution in [3.8, 4) is 0 Å². The van der Waals surface area contributed by atoms with Crippen molar-refractivity contribution >= 4 is 15.9 Å². The van der Waals surface area contributed by atoms with E-state index in [4.69, 9.17) is 5.14 Å². The SMILES string of the molecule is Cc1ccc(C(=O)N2CCNCC2C)cc1S(N)(=O)=O. The molecule has 1 amide bonds. The van der Waals surface area contributed by atoms with Gasteiger partial charge in [-0.1, -0.05) is 6.07 Å². The zero-order chi connectivity index (χ0) is 14.9. The van der Waals surface area contributed by atoms with Gasteiger partial charge in [0, 0.05) is 31.2 Å². The molecule has 1 aromatic carbocycles. The third-order valence-corrected chi connectivity index (χ3v) is 4.56. The number of nitrogens with two attached hydrogens (primary N) is 1. The minimum atomic E-state index is -3.82. The van der Waals surface area contributed by atoms with E-state index in [1.54, 1.807) is 24.0 Å². The van der Waals surface area contributed by atoms with Gasteiger partial charge in [-0.15, -0.1) is 0 Å². The number of amides is 1. The van der Waals surface area contributed by atoms with Crippen LogP contribution in [0.5, 0.6) is 0 Å². The number of hydrogen-bond acceptors (Lipinski definition) is 4. The van der Waals surface area contributed by atoms with E-state index in [0.717, 1.165) is 13.1 Å². The van der Waals surface area contributed by atoms with Crippen LogP contribution >= 0.6 is 0 Å². The van der Waals surface area contributed by atoms with E-state index in [0.29, 0.717) is 17.7 Å². The number of sulfonamides is 1. The van der Waals surface area contributed by atoms with Gasteiger partial charge in [0.05, 0.1) is 4.90 Å². The third kappa shape index (κ3) is 3.00. The highest BCUT2D eigenvalue weighted by molar-refractivity contribution is 7.89. The molecular formula is C13H19N3O3S. The van der Waals surface area contributed by atoms with E-state index >= 15 is 0 Å². The maximum absolute atomic E-state index is 12.5. The first-order valence-electron chi connectivity index (χ1n) is 6.46. The summed E-state index contributed by atoms with van der Waals surface area (Å²) >= 11 is 0. The van der Waals surface area contributed by atoms with E-state index in [9.17, 15) is 13.2 Å². The summed E-state index contributed by atoms with van der Waals surface area (Å²) in [5.74, 6) is -0.163. The fraction of sp³-hybridized carbons (Fsp3) is 0.462. The molecule has 0 aliphatic carbocycles. The Balaban J connectivity index is 2.36. The first-order chi connectivity index (χ1) is 9.30. The number of primary sulfonamides is 1. The van der Waals surface area contributed by atoms with Crippen molar-refractivity contribution in [1.82, 2.24) is 10.2 Å². The molecule has 20 heavy (non-hydrogen) atoms. The van der Waals surface area contributed by atoms with E-state index < -0.39 is 10.0 Å². The molecular weight excluding hydrogens is 278 g/mol. The number of carbonyl (C=O) groups excluding carboxylic acids is 1. The smallest absolute Gasteiger partial charge is 0.254 e. The van der Waals surface area contributed by atoms with Crippen molar-refractivity contribution in [3.63, 3.8) is 0 Å². The zero-order valence-electron chi connectivity index (χ0n) is 11.6. The second-order valence-corrected chi connectivity index (χ2v) is 6.61. The second kappa shape index (κ2) is 5.51. The molecule has 1 aliphatic heterocycles. The molecule has 0 aromatic heterocycles. The van der Waals surface area contributed by atoms with Crippen LogP contribution in [0.2, 0.25) is 0 Å². The topological polar surface area (TPSA) is 92.5 Å². The number of aryl methyl sites for hydroxylation is 1. The average molecular weight is 297 g/mol. The van der Waals surface area contributed by atoms with Crippen LogP contribution < -0.4 is 10.5 Å². The number of rotatable bonds is 2. The molecule has 6 nitrogen and oxygen atoms in total. The van der Waals surface area contributed by atoms with Crippen LogP contribution in [-0.4, -0.2) is 44.9 Å². The van der Waals surface area contributed by atoms with Gasteiger partial charge in [-0.2, -0.15) is 0 Å². The number of nitrogens with one attached hydrogen (secondary N) is 1. The molecule has 7 heteroatoms. The summed E-state index contributed by atoms with van der Waals surface area (Å²) in [7, 11) is -3.82. The van der Waals surface area contributed by atoms with Crippen molar-refractivity contribution in [2.75, 3.05) is 19.6 Å². The second-order valence-electron chi connectivity index (χ2n) is 5.08. The summed E-state index contributed by atoms with van der Waals surface area (Å²) in [4.78, 5) is 14.2. The molecule has 2 rings (SSSR count). The predicted molar refractivity (Wildman–Crippen MR) is 75.9 cm³/mol. The number of benzene rings is 1. The monoisotopic (exact) mass is 297 g/mol. The van der Waals surface area contributed by atoms with Gasteiger partial charge >= 0.3 is 0 Å². The normalized spacial score (nSPS) is 19.9. The number of piperazine rings is 1. The fourth-order valence-electron chi connectivity index (χ4n) is 2.35. The lowest BCUT2D eigenvalue weighted by molar-refractivity contribution is 0.0655. The van der Waals surface area contributed by atoms with E-state index in [1.807, 2.05) is 6.92 Å². The Labute approximate surface area is 119 Å². The van der Waals surface area contributed by atoms with Crippen LogP contribution in [-0.2, 0) is 10.0 Å². The molecule has 0 radical (unpaired) electrons. The van der Waals surface area contributed by atoms with Crippen molar-refractivity contribution in [2.45, 2.75) is 24.8 Å². The number of hydrogen-bond donors (Lipinski definition) is 2. The minimum absolute atomic E-state index is 0.00568. The lowest BCUT2D eigenvalue weighted by atomic mass is 10.1. The third-order valence-electron chi connectivity index (χ3n) is 3.50. The standard InChI is InChI=1S/C13H19N3O3S/c1-9-3-4-11(7-12(9)20(14,18)19)13(17)16-6-5-15-8-10(16)2/h3-4,7,10,15H,5-6,8H2,1-2H3,(H2,14,18,19). The van der Waals surface area contributed by atoms with Crippen molar-refractivity contribution in [3.05, 3.63) is 29.3 Å². The Morgan fingerprint density at radius 3 is 2.75 bits per heavy atom. The van der Waals surface area contributed by atoms with E-state index in [2.05, 4.69) is 5.32 Å². The minimum Gasteiger partial charge on any atom is -0.333 e. The van der Waals surface area contributed by atoms with Crippen molar-refractivity contribution in [1.29, 1.82) is 0 Å². The molecule has 1 aliphatic rings. The molecule has 1 aromatic rings. The van der Waals surface area contributed by atoms with Crippen molar-refractivity contribution in [2.24, 2.45) is 5.14 Å². The van der Waals surface area contributed by atoms with Gasteiger partial charge in [0.2, 0.25) is 10.0 Å². The maximum atomic E-state index is 12.5. The molecule has 0 bridgehead atoms. The summed E-state index contributed by atoms with van der Waals surface area (Å²) in [5, 5.41) is 8.38. The summed E-state index contributed by atoms with van der Waals surface area (Å²) in [5.41, 5.74) is 0.894. The van der Waals surface area contributed by atoms with Gasteiger partial charge in [0.25, 0.3) is 5.91 Å². The Kier molecular flexibility index (Phi) is 4.12. The summed E-state index contributed by atoms with van der Waals surface area (Å²) < 4.78 is 23.0. The lowest BCUT2D eigenvalue weighted by Crippen LogP contribution is -2.52. The summed E-state index contributed by atoms with van der Waals surface area (Å²) in [6, 6.07) is 4.69. The lowest BCUT2D eigenvalue weighted by Gasteiger charge is -2.34. The highest BCUT2D eigenvalue weighted by Crippen LogP contribution is 2.18. The Morgan fingerprint density at radius 1 is 1.45 bits per heavy atom. The Morgan fingerprint density at radius 2 is 2.15 bits per heavy atom. The van der Waals surface area contributed by atoms with Gasteiger partial charge in [-0.25, -0.2) is 13.6 Å². The zero-order valence-corrected chi connectivity index (χ0v) is 12.4. The quantitative estimate of drug-likeness (QED) is 0.808. The molecule has 0 saturated carbocycles. The molecule has 1 fully saturated rings. The van der Waals surface area contributed by atoms with E-state index in [1.165, 1.54) is 6.07 Å². The van der Waals surface area contributed by atoms with Crippen LogP contribution in [0, 0.1) is 6.92 Å². The van der Waals surface area contributed by atoms with Gasteiger partial charge in [0.15, 0.2) is 0 Å². The highest BCUT2D eigenvalue weighted by atomic mass is 32.2. The molecule has 1 heterocycles. The fourth-order valence-corrected chi connectivity index (χ4v) is 3.16. The first-order valence-corrected chi connectivity index (χ1v) is 8.00. The van der Waals surface area contributed by atoms with Crippen LogP contribution in [0.25, 0.3) is 0 Å². The number of nitrogens with zero attached hydrogens (tertiary/aromatic N) is 1.